The van der Waals surface area contributed by atoms with Gasteiger partial charge in [0.05, 0.1) is 24.5 Å². The SMILES string of the molecule is COC(=O)c1ccccc1-c1ccc(NC(=O)[C@H]2[C@@H]3C[C@H]4[C@H]2C(=O)O[C@H]4C3)cc1. The number of hydrogen-bond donors (Lipinski definition) is 1. The molecule has 2 saturated carbocycles. The van der Waals surface area contributed by atoms with E-state index in [0.29, 0.717) is 11.3 Å². The van der Waals surface area contributed by atoms with Crippen LogP contribution >= 0.6 is 0 Å². The predicted molar refractivity (Wildman–Crippen MR) is 105 cm³/mol. The Kier molecular flexibility index (Phi) is 4.15. The highest BCUT2D eigenvalue weighted by atomic mass is 16.6. The van der Waals surface area contributed by atoms with E-state index in [-0.39, 0.29) is 41.7 Å². The third-order valence-corrected chi connectivity index (χ3v) is 6.58. The van der Waals surface area contributed by atoms with E-state index >= 15 is 0 Å². The fourth-order valence-electron chi connectivity index (χ4n) is 5.34. The summed E-state index contributed by atoms with van der Waals surface area (Å²) < 4.78 is 10.3. The lowest BCUT2D eigenvalue weighted by Gasteiger charge is -2.23. The summed E-state index contributed by atoms with van der Waals surface area (Å²) in [5.41, 5.74) is 2.78. The van der Waals surface area contributed by atoms with Crippen LogP contribution in [0.15, 0.2) is 48.5 Å². The Morgan fingerprint density at radius 1 is 1.07 bits per heavy atom. The first kappa shape index (κ1) is 17.9. The molecule has 29 heavy (non-hydrogen) atoms. The van der Waals surface area contributed by atoms with Gasteiger partial charge in [-0.3, -0.25) is 9.59 Å². The van der Waals surface area contributed by atoms with Gasteiger partial charge in [0, 0.05) is 11.6 Å². The molecule has 2 bridgehead atoms. The molecule has 2 aliphatic carbocycles. The minimum absolute atomic E-state index is 0.0238. The number of benzene rings is 2. The molecule has 1 aliphatic heterocycles. The third-order valence-electron chi connectivity index (χ3n) is 6.58. The first-order valence-corrected chi connectivity index (χ1v) is 9.86. The van der Waals surface area contributed by atoms with Crippen molar-refractivity contribution in [3.63, 3.8) is 0 Å². The van der Waals surface area contributed by atoms with Crippen molar-refractivity contribution in [2.75, 3.05) is 12.4 Å². The summed E-state index contributed by atoms with van der Waals surface area (Å²) in [7, 11) is 1.36. The zero-order chi connectivity index (χ0) is 20.1. The summed E-state index contributed by atoms with van der Waals surface area (Å²) in [6.07, 6.45) is 1.73. The summed E-state index contributed by atoms with van der Waals surface area (Å²) in [4.78, 5) is 37.0. The van der Waals surface area contributed by atoms with E-state index in [0.717, 1.165) is 24.0 Å². The molecule has 0 radical (unpaired) electrons. The maximum Gasteiger partial charge on any atom is 0.338 e. The number of fused-ring (bicyclic) bond motifs is 1. The molecule has 2 aromatic rings. The highest BCUT2D eigenvalue weighted by molar-refractivity contribution is 5.98. The van der Waals surface area contributed by atoms with Crippen molar-refractivity contribution in [1.82, 2.24) is 0 Å². The monoisotopic (exact) mass is 391 g/mol. The molecule has 3 fully saturated rings. The highest BCUT2D eigenvalue weighted by Crippen LogP contribution is 2.57. The van der Waals surface area contributed by atoms with Crippen molar-refractivity contribution in [3.8, 4) is 11.1 Å². The Bertz CT molecular complexity index is 997. The molecule has 1 heterocycles. The number of carbonyl (C=O) groups excluding carboxylic acids is 3. The Hall–Kier alpha value is -3.15. The van der Waals surface area contributed by atoms with Crippen molar-refractivity contribution in [2.24, 2.45) is 23.7 Å². The summed E-state index contributed by atoms with van der Waals surface area (Å²) in [5.74, 6) is -0.863. The second-order valence-electron chi connectivity index (χ2n) is 8.03. The Balaban J connectivity index is 1.34. The van der Waals surface area contributed by atoms with Gasteiger partial charge in [0.1, 0.15) is 6.10 Å². The molecule has 148 valence electrons. The molecule has 5 rings (SSSR count). The number of amides is 1. The average molecular weight is 391 g/mol. The first-order chi connectivity index (χ1) is 14.1. The fourth-order valence-corrected chi connectivity index (χ4v) is 5.34. The van der Waals surface area contributed by atoms with Gasteiger partial charge in [-0.05, 0) is 48.1 Å². The largest absolute Gasteiger partial charge is 0.465 e. The van der Waals surface area contributed by atoms with Crippen LogP contribution in [0.1, 0.15) is 23.2 Å². The Labute approximate surface area is 168 Å². The first-order valence-electron chi connectivity index (χ1n) is 9.86. The molecule has 0 aromatic heterocycles. The number of anilines is 1. The number of methoxy groups -OCH3 is 1. The van der Waals surface area contributed by atoms with E-state index in [9.17, 15) is 14.4 Å². The van der Waals surface area contributed by atoms with Gasteiger partial charge in [-0.15, -0.1) is 0 Å². The molecule has 6 nitrogen and oxygen atoms in total. The van der Waals surface area contributed by atoms with Gasteiger partial charge >= 0.3 is 11.9 Å². The number of hydrogen-bond acceptors (Lipinski definition) is 5. The van der Waals surface area contributed by atoms with Crippen LogP contribution in [-0.4, -0.2) is 31.1 Å². The standard InChI is InChI=1S/C23H21NO5/c1-28-22(26)16-5-3-2-4-15(16)12-6-8-14(9-7-12)24-21(25)19-13-10-17-18(11-13)29-23(27)20(17)19/h2-9,13,17-20H,10-11H2,1H3,(H,24,25)/t13-,17-,18+,19+,20-/m1/s1. The van der Waals surface area contributed by atoms with Crippen LogP contribution < -0.4 is 5.32 Å². The quantitative estimate of drug-likeness (QED) is 0.809. The molecule has 1 amide bonds. The van der Waals surface area contributed by atoms with Gasteiger partial charge in [-0.25, -0.2) is 4.79 Å². The maximum absolute atomic E-state index is 12.9. The highest BCUT2D eigenvalue weighted by Gasteiger charge is 2.63. The lowest BCUT2D eigenvalue weighted by Crippen LogP contribution is -2.35. The van der Waals surface area contributed by atoms with E-state index < -0.39 is 5.97 Å². The molecule has 1 saturated heterocycles. The number of ether oxygens (including phenoxy) is 2. The minimum Gasteiger partial charge on any atom is -0.465 e. The molecular weight excluding hydrogens is 370 g/mol. The van der Waals surface area contributed by atoms with Gasteiger partial charge in [-0.2, -0.15) is 0 Å². The van der Waals surface area contributed by atoms with Crippen LogP contribution in [0.5, 0.6) is 0 Å². The van der Waals surface area contributed by atoms with Gasteiger partial charge in [0.15, 0.2) is 0 Å². The van der Waals surface area contributed by atoms with E-state index in [4.69, 9.17) is 9.47 Å². The fraction of sp³-hybridized carbons (Fsp3) is 0.348. The molecule has 6 heteroatoms. The van der Waals surface area contributed by atoms with Crippen molar-refractivity contribution < 1.29 is 23.9 Å². The molecule has 0 unspecified atom stereocenters. The second-order valence-corrected chi connectivity index (χ2v) is 8.03. The van der Waals surface area contributed by atoms with Crippen LogP contribution in [0.2, 0.25) is 0 Å². The van der Waals surface area contributed by atoms with Crippen molar-refractivity contribution in [1.29, 1.82) is 0 Å². The second kappa shape index (κ2) is 6.72. The van der Waals surface area contributed by atoms with Crippen molar-refractivity contribution in [2.45, 2.75) is 18.9 Å². The van der Waals surface area contributed by atoms with Crippen LogP contribution in [0, 0.1) is 23.7 Å². The summed E-state index contributed by atoms with van der Waals surface area (Å²) in [5, 5.41) is 2.96. The number of rotatable bonds is 4. The smallest absolute Gasteiger partial charge is 0.338 e. The van der Waals surface area contributed by atoms with Crippen LogP contribution in [-0.2, 0) is 19.1 Å². The normalized spacial score (nSPS) is 28.9. The molecule has 5 atom stereocenters. The van der Waals surface area contributed by atoms with Gasteiger partial charge in [-0.1, -0.05) is 30.3 Å². The zero-order valence-electron chi connectivity index (χ0n) is 16.0. The van der Waals surface area contributed by atoms with Crippen molar-refractivity contribution in [3.05, 3.63) is 54.1 Å². The van der Waals surface area contributed by atoms with Crippen LogP contribution in [0.25, 0.3) is 11.1 Å². The number of carbonyl (C=O) groups is 3. The third kappa shape index (κ3) is 2.82. The van der Waals surface area contributed by atoms with Gasteiger partial charge in [0.25, 0.3) is 0 Å². The molecule has 2 aromatic carbocycles. The van der Waals surface area contributed by atoms with E-state index in [1.807, 2.05) is 36.4 Å². The van der Waals surface area contributed by atoms with Crippen LogP contribution in [0.3, 0.4) is 0 Å². The van der Waals surface area contributed by atoms with Crippen molar-refractivity contribution >= 4 is 23.5 Å². The summed E-state index contributed by atoms with van der Waals surface area (Å²) in [6, 6.07) is 14.6. The lowest BCUT2D eigenvalue weighted by molar-refractivity contribution is -0.145. The zero-order valence-corrected chi connectivity index (χ0v) is 16.0. The molecule has 0 spiro atoms. The average Bonchev–Trinajstić information content (AvgIpc) is 3.36. The summed E-state index contributed by atoms with van der Waals surface area (Å²) in [6.45, 7) is 0. The van der Waals surface area contributed by atoms with E-state index in [1.165, 1.54) is 7.11 Å². The Morgan fingerprint density at radius 2 is 1.83 bits per heavy atom. The van der Waals surface area contributed by atoms with Gasteiger partial charge in [0.2, 0.25) is 5.91 Å². The maximum atomic E-state index is 12.9. The van der Waals surface area contributed by atoms with E-state index in [1.54, 1.807) is 12.1 Å². The molecule has 3 aliphatic rings. The minimum atomic E-state index is -0.393. The number of esters is 2. The van der Waals surface area contributed by atoms with Gasteiger partial charge < -0.3 is 14.8 Å². The van der Waals surface area contributed by atoms with E-state index in [2.05, 4.69) is 5.32 Å². The van der Waals surface area contributed by atoms with Crippen LogP contribution in [0.4, 0.5) is 5.69 Å². The lowest BCUT2D eigenvalue weighted by atomic mass is 9.79. The Morgan fingerprint density at radius 3 is 2.59 bits per heavy atom. The summed E-state index contributed by atoms with van der Waals surface area (Å²) >= 11 is 0. The predicted octanol–water partition coefficient (Wildman–Crippen LogP) is 3.28. The molecular formula is C23H21NO5. The number of nitrogens with one attached hydrogen (secondary N) is 1. The molecule has 1 N–H and O–H groups in total. The topological polar surface area (TPSA) is 81.7 Å².